The van der Waals surface area contributed by atoms with Crippen LogP contribution in [0.2, 0.25) is 0 Å². The molecule has 0 aliphatic carbocycles. The van der Waals surface area contributed by atoms with Crippen molar-refractivity contribution in [2.45, 2.75) is 44.2 Å². The molecule has 3 aromatic rings. The maximum Gasteiger partial charge on any atom is 0.264 e. The highest BCUT2D eigenvalue weighted by molar-refractivity contribution is 6.25. The first-order chi connectivity index (χ1) is 26.7. The molecule has 6 rings (SSSR count). The van der Waals surface area contributed by atoms with Gasteiger partial charge in [0.25, 0.3) is 17.7 Å². The molecule has 1 aromatic heterocycles. The molecule has 4 heterocycles. The second-order valence-electron chi connectivity index (χ2n) is 13.7. The zero-order valence-electron chi connectivity index (χ0n) is 31.1. The summed E-state index contributed by atoms with van der Waals surface area (Å²) in [5, 5.41) is 5.34. The Balaban J connectivity index is 0.758. The van der Waals surface area contributed by atoms with Crippen LogP contribution in [0.3, 0.4) is 0 Å². The number of aromatic nitrogens is 2. The molecule has 55 heavy (non-hydrogen) atoms. The number of amides is 5. The smallest absolute Gasteiger partial charge is 0.264 e. The van der Waals surface area contributed by atoms with E-state index in [1.165, 1.54) is 0 Å². The highest BCUT2D eigenvalue weighted by Gasteiger charge is 2.45. The number of hydrogen-bond acceptors (Lipinski definition) is 13. The zero-order valence-corrected chi connectivity index (χ0v) is 31.1. The Labute approximate surface area is 318 Å². The van der Waals surface area contributed by atoms with E-state index in [1.807, 2.05) is 6.07 Å². The lowest BCUT2D eigenvalue weighted by atomic mass is 9.98. The third-order valence-electron chi connectivity index (χ3n) is 10.1. The van der Waals surface area contributed by atoms with Crippen LogP contribution in [0.5, 0.6) is 0 Å². The maximum absolute atomic E-state index is 13.2. The number of likely N-dealkylation sites (tertiary alicyclic amines) is 1. The fourth-order valence-corrected chi connectivity index (χ4v) is 7.21. The van der Waals surface area contributed by atoms with E-state index in [2.05, 4.69) is 27.4 Å². The van der Waals surface area contributed by atoms with E-state index >= 15 is 0 Å². The second kappa shape index (κ2) is 18.7. The predicted octanol–water partition coefficient (Wildman–Crippen LogP) is 1.57. The molecule has 3 aliphatic heterocycles. The lowest BCUT2D eigenvalue weighted by Gasteiger charge is -2.33. The van der Waals surface area contributed by atoms with E-state index in [0.29, 0.717) is 89.4 Å². The number of nitrogens with zero attached hydrogens (tertiary/aromatic N) is 3. The fraction of sp³-hybridized carbons (Fsp3) is 0.526. The Hall–Kier alpha value is -4.78. The molecule has 2 fully saturated rings. The molecule has 2 unspecified atom stereocenters. The number of piperidine rings is 1. The van der Waals surface area contributed by atoms with Gasteiger partial charge in [-0.15, -0.1) is 0 Å². The summed E-state index contributed by atoms with van der Waals surface area (Å²) in [6.45, 7) is 8.55. The molecular weight excluding hydrogens is 714 g/mol. The van der Waals surface area contributed by atoms with E-state index in [1.54, 1.807) is 30.3 Å². The molecule has 2 saturated heterocycles. The first kappa shape index (κ1) is 39.9. The largest absolute Gasteiger partial charge is 0.382 e. The van der Waals surface area contributed by atoms with Crippen molar-refractivity contribution in [3.8, 4) is 0 Å². The zero-order chi connectivity index (χ0) is 38.8. The number of benzene rings is 2. The third-order valence-corrected chi connectivity index (χ3v) is 10.1. The monoisotopic (exact) mass is 763 g/mol. The SMILES string of the molecule is CC1(c2nc3c(C(N)=O)cccc3[nH]2)CCCN1CCOCCOCCOCCOCCOCCNc1cccc2c1C(=O)N(C1CCC(=O)NC1=O)C2=O. The number of aromatic amines is 1. The summed E-state index contributed by atoms with van der Waals surface area (Å²) in [5.74, 6) is -1.83. The topological polar surface area (TPSA) is 217 Å². The Morgan fingerprint density at radius 1 is 0.891 bits per heavy atom. The molecule has 3 aliphatic rings. The molecule has 2 atom stereocenters. The Kier molecular flexibility index (Phi) is 13.6. The quantitative estimate of drug-likeness (QED) is 0.0846. The number of primary amides is 1. The lowest BCUT2D eigenvalue weighted by molar-refractivity contribution is -0.136. The number of imide groups is 2. The highest BCUT2D eigenvalue weighted by atomic mass is 16.6. The molecular formula is C38H49N7O10. The minimum atomic E-state index is -1.01. The van der Waals surface area contributed by atoms with Crippen molar-refractivity contribution < 1.29 is 47.7 Å². The Bertz CT molecular complexity index is 1870. The van der Waals surface area contributed by atoms with Gasteiger partial charge in [-0.05, 0) is 57.0 Å². The van der Waals surface area contributed by atoms with Crippen molar-refractivity contribution in [1.82, 2.24) is 25.1 Å². The molecule has 296 valence electrons. The Morgan fingerprint density at radius 2 is 1.55 bits per heavy atom. The van der Waals surface area contributed by atoms with Gasteiger partial charge in [0.05, 0.1) is 93.8 Å². The first-order valence-electron chi connectivity index (χ1n) is 18.7. The summed E-state index contributed by atoms with van der Waals surface area (Å²) in [6.07, 6.45) is 2.16. The summed E-state index contributed by atoms with van der Waals surface area (Å²) < 4.78 is 28.2. The van der Waals surface area contributed by atoms with Crippen LogP contribution in [0.15, 0.2) is 36.4 Å². The number of imidazole rings is 1. The average Bonchev–Trinajstić information content (AvgIpc) is 3.85. The highest BCUT2D eigenvalue weighted by Crippen LogP contribution is 2.38. The van der Waals surface area contributed by atoms with Gasteiger partial charge in [-0.25, -0.2) is 4.98 Å². The number of anilines is 1. The fourth-order valence-electron chi connectivity index (χ4n) is 7.21. The molecule has 5 N–H and O–H groups in total. The normalized spacial score (nSPS) is 20.1. The van der Waals surface area contributed by atoms with Crippen LogP contribution >= 0.6 is 0 Å². The van der Waals surface area contributed by atoms with E-state index in [4.69, 9.17) is 34.4 Å². The molecule has 17 heteroatoms. The van der Waals surface area contributed by atoms with Crippen LogP contribution in [-0.2, 0) is 38.8 Å². The van der Waals surface area contributed by atoms with Crippen molar-refractivity contribution >= 4 is 46.3 Å². The number of nitrogens with one attached hydrogen (secondary N) is 3. The van der Waals surface area contributed by atoms with E-state index in [-0.39, 0.29) is 29.5 Å². The van der Waals surface area contributed by atoms with Gasteiger partial charge >= 0.3 is 0 Å². The number of para-hydroxylation sites is 1. The van der Waals surface area contributed by atoms with Gasteiger partial charge in [-0.1, -0.05) is 12.1 Å². The van der Waals surface area contributed by atoms with Crippen LogP contribution < -0.4 is 16.4 Å². The van der Waals surface area contributed by atoms with Gasteiger partial charge in [-0.3, -0.25) is 39.1 Å². The van der Waals surface area contributed by atoms with Crippen molar-refractivity contribution in [3.63, 3.8) is 0 Å². The van der Waals surface area contributed by atoms with Crippen molar-refractivity contribution in [2.75, 3.05) is 91.0 Å². The standard InChI is InChI=1S/C38H49N7O10/c1-38(37-41-28-8-3-6-26(33(39)47)32(28)43-37)11-4-13-44(38)14-16-52-18-20-54-22-24-55-23-21-53-19-17-51-15-12-40-27-7-2-5-25-31(27)36(50)45(35(25)49)29-9-10-30(46)42-34(29)48/h2-3,5-8,29,40H,4,9-24H2,1H3,(H2,39,47)(H,41,43)(H,42,46,48). The second-order valence-corrected chi connectivity index (χ2v) is 13.7. The van der Waals surface area contributed by atoms with Crippen LogP contribution in [0.1, 0.15) is 69.5 Å². The summed E-state index contributed by atoms with van der Waals surface area (Å²) in [6, 6.07) is 9.31. The minimum Gasteiger partial charge on any atom is -0.382 e. The predicted molar refractivity (Wildman–Crippen MR) is 198 cm³/mol. The number of carbonyl (C=O) groups excluding carboxylic acids is 5. The van der Waals surface area contributed by atoms with Gasteiger partial charge in [-0.2, -0.15) is 0 Å². The molecule has 0 spiro atoms. The van der Waals surface area contributed by atoms with Crippen LogP contribution in [-0.4, -0.2) is 141 Å². The van der Waals surface area contributed by atoms with Gasteiger partial charge in [0.1, 0.15) is 17.4 Å². The number of rotatable bonds is 22. The van der Waals surface area contributed by atoms with Crippen molar-refractivity contribution in [3.05, 3.63) is 58.9 Å². The summed E-state index contributed by atoms with van der Waals surface area (Å²) in [7, 11) is 0. The third kappa shape index (κ3) is 9.37. The number of carbonyl (C=O) groups is 5. The summed E-state index contributed by atoms with van der Waals surface area (Å²) >= 11 is 0. The van der Waals surface area contributed by atoms with Crippen molar-refractivity contribution in [1.29, 1.82) is 0 Å². The van der Waals surface area contributed by atoms with Gasteiger partial charge in [0.15, 0.2) is 0 Å². The molecule has 5 amide bonds. The lowest BCUT2D eigenvalue weighted by Crippen LogP contribution is -2.54. The van der Waals surface area contributed by atoms with Gasteiger partial charge in [0.2, 0.25) is 11.8 Å². The van der Waals surface area contributed by atoms with E-state index in [0.717, 1.165) is 42.2 Å². The van der Waals surface area contributed by atoms with Gasteiger partial charge in [0, 0.05) is 25.2 Å². The molecule has 2 aromatic carbocycles. The average molecular weight is 764 g/mol. The van der Waals surface area contributed by atoms with E-state index < -0.39 is 35.6 Å². The summed E-state index contributed by atoms with van der Waals surface area (Å²) in [5.41, 5.74) is 8.00. The number of ether oxygens (including phenoxy) is 5. The van der Waals surface area contributed by atoms with Crippen molar-refractivity contribution in [2.24, 2.45) is 5.73 Å². The first-order valence-corrected chi connectivity index (χ1v) is 18.7. The van der Waals surface area contributed by atoms with Crippen LogP contribution in [0, 0.1) is 0 Å². The van der Waals surface area contributed by atoms with Crippen LogP contribution in [0.4, 0.5) is 5.69 Å². The summed E-state index contributed by atoms with van der Waals surface area (Å²) in [4.78, 5) is 73.4. The van der Waals surface area contributed by atoms with Gasteiger partial charge < -0.3 is 39.7 Å². The maximum atomic E-state index is 13.2. The van der Waals surface area contributed by atoms with Crippen LogP contribution in [0.25, 0.3) is 11.0 Å². The Morgan fingerprint density at radius 3 is 2.22 bits per heavy atom. The minimum absolute atomic E-state index is 0.0638. The molecule has 0 radical (unpaired) electrons. The number of nitrogens with two attached hydrogens (primary N) is 1. The molecule has 0 saturated carbocycles. The van der Waals surface area contributed by atoms with E-state index in [9.17, 15) is 24.0 Å². The number of H-pyrrole nitrogens is 1. The number of fused-ring (bicyclic) bond motifs is 2. The molecule has 0 bridgehead atoms. The number of hydrogen-bond donors (Lipinski definition) is 4. The molecule has 17 nitrogen and oxygen atoms in total.